The van der Waals surface area contributed by atoms with Crippen LogP contribution in [0.2, 0.25) is 0 Å². The molecule has 1 N–H and O–H groups in total. The van der Waals surface area contributed by atoms with E-state index in [1.165, 1.54) is 13.4 Å². The molecule has 0 unspecified atom stereocenters. The first-order valence-electron chi connectivity index (χ1n) is 4.36. The fourth-order valence-electron chi connectivity index (χ4n) is 1.06. The molecule has 7 nitrogen and oxygen atoms in total. The molecule has 0 aliphatic rings. The van der Waals surface area contributed by atoms with E-state index in [-0.39, 0.29) is 23.4 Å². The van der Waals surface area contributed by atoms with E-state index in [0.29, 0.717) is 0 Å². The molecular weight excluding hydrogens is 200 g/mol. The molecule has 82 valence electrons. The van der Waals surface area contributed by atoms with Crippen LogP contribution in [0, 0.1) is 10.1 Å². The highest BCUT2D eigenvalue weighted by molar-refractivity contribution is 5.61. The highest BCUT2D eigenvalue weighted by Crippen LogP contribution is 2.30. The third-order valence-corrected chi connectivity index (χ3v) is 1.59. The SMILES string of the molecule is COc1ncnc(NC(C)C)c1[N+](=O)[O-]. The summed E-state index contributed by atoms with van der Waals surface area (Å²) in [5, 5.41) is 13.6. The van der Waals surface area contributed by atoms with Crippen LogP contribution < -0.4 is 10.1 Å². The van der Waals surface area contributed by atoms with Gasteiger partial charge in [-0.15, -0.1) is 0 Å². The van der Waals surface area contributed by atoms with Crippen molar-refractivity contribution in [1.29, 1.82) is 0 Å². The second kappa shape index (κ2) is 4.54. The number of hydrogen-bond donors (Lipinski definition) is 1. The molecule has 0 atom stereocenters. The quantitative estimate of drug-likeness (QED) is 0.596. The zero-order chi connectivity index (χ0) is 11.4. The lowest BCUT2D eigenvalue weighted by molar-refractivity contribution is -0.385. The van der Waals surface area contributed by atoms with Crippen molar-refractivity contribution in [3.63, 3.8) is 0 Å². The van der Waals surface area contributed by atoms with Crippen LogP contribution in [0.4, 0.5) is 11.5 Å². The van der Waals surface area contributed by atoms with Gasteiger partial charge in [0.1, 0.15) is 6.33 Å². The van der Waals surface area contributed by atoms with Crippen molar-refractivity contribution in [3.05, 3.63) is 16.4 Å². The highest BCUT2D eigenvalue weighted by atomic mass is 16.6. The molecule has 0 amide bonds. The second-order valence-electron chi connectivity index (χ2n) is 3.14. The van der Waals surface area contributed by atoms with E-state index in [1.54, 1.807) is 0 Å². The fraction of sp³-hybridized carbons (Fsp3) is 0.500. The number of aromatic nitrogens is 2. The zero-order valence-corrected chi connectivity index (χ0v) is 8.72. The molecule has 1 heterocycles. The van der Waals surface area contributed by atoms with Gasteiger partial charge >= 0.3 is 5.69 Å². The van der Waals surface area contributed by atoms with Crippen LogP contribution in [0.15, 0.2) is 6.33 Å². The minimum Gasteiger partial charge on any atom is -0.476 e. The van der Waals surface area contributed by atoms with Gasteiger partial charge in [0, 0.05) is 6.04 Å². The molecule has 0 aliphatic carbocycles. The Morgan fingerprint density at radius 2 is 2.20 bits per heavy atom. The Morgan fingerprint density at radius 1 is 1.53 bits per heavy atom. The minimum absolute atomic E-state index is 0.0434. The third-order valence-electron chi connectivity index (χ3n) is 1.59. The lowest BCUT2D eigenvalue weighted by atomic mass is 10.3. The number of hydrogen-bond acceptors (Lipinski definition) is 6. The van der Waals surface area contributed by atoms with E-state index < -0.39 is 4.92 Å². The molecule has 0 aromatic carbocycles. The molecule has 0 radical (unpaired) electrons. The van der Waals surface area contributed by atoms with E-state index in [0.717, 1.165) is 0 Å². The van der Waals surface area contributed by atoms with Crippen LogP contribution in [-0.4, -0.2) is 28.0 Å². The minimum atomic E-state index is -0.566. The van der Waals surface area contributed by atoms with Crippen LogP contribution in [0.25, 0.3) is 0 Å². The number of nitrogens with one attached hydrogen (secondary N) is 1. The Labute approximate surface area is 86.6 Å². The third kappa shape index (κ3) is 2.52. The summed E-state index contributed by atoms with van der Waals surface area (Å²) in [5.41, 5.74) is -0.242. The first-order chi connectivity index (χ1) is 7.06. The summed E-state index contributed by atoms with van der Waals surface area (Å²) in [7, 11) is 1.33. The Morgan fingerprint density at radius 3 is 2.67 bits per heavy atom. The van der Waals surface area contributed by atoms with E-state index in [1.807, 2.05) is 13.8 Å². The topological polar surface area (TPSA) is 90.2 Å². The molecule has 0 aliphatic heterocycles. The fourth-order valence-corrected chi connectivity index (χ4v) is 1.06. The summed E-state index contributed by atoms with van der Waals surface area (Å²) in [4.78, 5) is 17.7. The second-order valence-corrected chi connectivity index (χ2v) is 3.14. The normalized spacial score (nSPS) is 10.1. The summed E-state index contributed by atoms with van der Waals surface area (Å²) in [5.74, 6) is 0.125. The van der Waals surface area contributed by atoms with Crippen molar-refractivity contribution >= 4 is 11.5 Å². The van der Waals surface area contributed by atoms with Gasteiger partial charge < -0.3 is 10.1 Å². The molecule has 7 heteroatoms. The smallest absolute Gasteiger partial charge is 0.372 e. The van der Waals surface area contributed by atoms with Gasteiger partial charge in [0.25, 0.3) is 5.88 Å². The van der Waals surface area contributed by atoms with E-state index in [2.05, 4.69) is 15.3 Å². The lowest BCUT2D eigenvalue weighted by Crippen LogP contribution is -2.13. The van der Waals surface area contributed by atoms with Crippen molar-refractivity contribution in [3.8, 4) is 5.88 Å². The summed E-state index contributed by atoms with van der Waals surface area (Å²) < 4.78 is 4.80. The number of anilines is 1. The van der Waals surface area contributed by atoms with Crippen molar-refractivity contribution in [2.24, 2.45) is 0 Å². The number of rotatable bonds is 4. The van der Waals surface area contributed by atoms with Crippen molar-refractivity contribution < 1.29 is 9.66 Å². The van der Waals surface area contributed by atoms with Gasteiger partial charge in [-0.05, 0) is 13.8 Å². The van der Waals surface area contributed by atoms with E-state index in [9.17, 15) is 10.1 Å². The van der Waals surface area contributed by atoms with Crippen LogP contribution in [0.1, 0.15) is 13.8 Å². The maximum Gasteiger partial charge on any atom is 0.372 e. The molecule has 0 saturated carbocycles. The molecule has 0 bridgehead atoms. The largest absolute Gasteiger partial charge is 0.476 e. The predicted octanol–water partition coefficient (Wildman–Crippen LogP) is 1.21. The highest BCUT2D eigenvalue weighted by Gasteiger charge is 2.23. The first-order valence-corrected chi connectivity index (χ1v) is 4.36. The monoisotopic (exact) mass is 212 g/mol. The maximum atomic E-state index is 10.8. The number of ether oxygens (including phenoxy) is 1. The van der Waals surface area contributed by atoms with Crippen LogP contribution in [0.5, 0.6) is 5.88 Å². The van der Waals surface area contributed by atoms with Crippen molar-refractivity contribution in [1.82, 2.24) is 9.97 Å². The summed E-state index contributed by atoms with van der Waals surface area (Å²) in [6.07, 6.45) is 1.22. The van der Waals surface area contributed by atoms with Gasteiger partial charge in [0.2, 0.25) is 5.82 Å². The van der Waals surface area contributed by atoms with Gasteiger partial charge in [0.05, 0.1) is 12.0 Å². The van der Waals surface area contributed by atoms with Crippen LogP contribution >= 0.6 is 0 Å². The van der Waals surface area contributed by atoms with E-state index >= 15 is 0 Å². The maximum absolute atomic E-state index is 10.8. The predicted molar refractivity (Wildman–Crippen MR) is 54.0 cm³/mol. The van der Waals surface area contributed by atoms with Gasteiger partial charge in [-0.1, -0.05) is 0 Å². The van der Waals surface area contributed by atoms with Gasteiger partial charge in [0.15, 0.2) is 0 Å². The summed E-state index contributed by atoms with van der Waals surface area (Å²) in [6, 6.07) is 0.0447. The molecule has 0 saturated heterocycles. The van der Waals surface area contributed by atoms with Crippen molar-refractivity contribution in [2.75, 3.05) is 12.4 Å². The summed E-state index contributed by atoms with van der Waals surface area (Å²) in [6.45, 7) is 3.72. The summed E-state index contributed by atoms with van der Waals surface area (Å²) >= 11 is 0. The molecule has 1 aromatic heterocycles. The molecule has 1 aromatic rings. The number of nitro groups is 1. The van der Waals surface area contributed by atoms with Gasteiger partial charge in [-0.25, -0.2) is 4.98 Å². The molecular formula is C8H12N4O3. The Hall–Kier alpha value is -1.92. The average molecular weight is 212 g/mol. The number of methoxy groups -OCH3 is 1. The van der Waals surface area contributed by atoms with Crippen molar-refractivity contribution in [2.45, 2.75) is 19.9 Å². The number of nitrogens with zero attached hydrogens (tertiary/aromatic N) is 3. The Bertz CT molecular complexity index is 367. The van der Waals surface area contributed by atoms with Gasteiger partial charge in [-0.3, -0.25) is 10.1 Å². The van der Waals surface area contributed by atoms with Gasteiger partial charge in [-0.2, -0.15) is 4.98 Å². The van der Waals surface area contributed by atoms with Crippen LogP contribution in [0.3, 0.4) is 0 Å². The molecule has 0 fully saturated rings. The first kappa shape index (κ1) is 11.2. The standard InChI is InChI=1S/C8H12N4O3/c1-5(2)11-7-6(12(13)14)8(15-3)10-4-9-7/h4-5H,1-3H3,(H,9,10,11). The molecule has 15 heavy (non-hydrogen) atoms. The zero-order valence-electron chi connectivity index (χ0n) is 8.72. The average Bonchev–Trinajstić information content (AvgIpc) is 2.15. The molecule has 1 rings (SSSR count). The van der Waals surface area contributed by atoms with Crippen LogP contribution in [-0.2, 0) is 0 Å². The Kier molecular flexibility index (Phi) is 3.37. The Balaban J connectivity index is 3.19. The van der Waals surface area contributed by atoms with E-state index in [4.69, 9.17) is 4.74 Å². The lowest BCUT2D eigenvalue weighted by Gasteiger charge is -2.09. The molecule has 0 spiro atoms.